The summed E-state index contributed by atoms with van der Waals surface area (Å²) in [4.78, 5) is 1.42. The van der Waals surface area contributed by atoms with E-state index in [1.807, 2.05) is 17.5 Å². The first-order chi connectivity index (χ1) is 8.40. The van der Waals surface area contributed by atoms with Crippen LogP contribution in [-0.4, -0.2) is 16.3 Å². The molecule has 1 N–H and O–H groups in total. The Bertz CT molecular complexity index is 420. The highest BCUT2D eigenvalue weighted by Crippen LogP contribution is 2.10. The molecule has 0 radical (unpaired) electrons. The number of hydrogen-bond donors (Lipinski definition) is 1. The minimum atomic E-state index is 0.915. The summed E-state index contributed by atoms with van der Waals surface area (Å²) in [5.41, 5.74) is 1.27. The van der Waals surface area contributed by atoms with Gasteiger partial charge in [0.2, 0.25) is 0 Å². The highest BCUT2D eigenvalue weighted by atomic mass is 32.1. The van der Waals surface area contributed by atoms with Crippen molar-refractivity contribution in [3.8, 4) is 0 Å². The van der Waals surface area contributed by atoms with Crippen LogP contribution < -0.4 is 5.32 Å². The van der Waals surface area contributed by atoms with Crippen LogP contribution >= 0.6 is 11.3 Å². The number of nitrogens with one attached hydrogen (secondary N) is 1. The van der Waals surface area contributed by atoms with Crippen molar-refractivity contribution >= 4 is 11.3 Å². The van der Waals surface area contributed by atoms with Gasteiger partial charge in [-0.2, -0.15) is 5.10 Å². The molecule has 0 aromatic carbocycles. The second-order valence-corrected chi connectivity index (χ2v) is 5.08. The fourth-order valence-electron chi connectivity index (χ4n) is 1.78. The summed E-state index contributed by atoms with van der Waals surface area (Å²) in [6.07, 6.45) is 4.13. The minimum Gasteiger partial charge on any atom is -0.311 e. The summed E-state index contributed by atoms with van der Waals surface area (Å²) in [7, 11) is 0. The van der Waals surface area contributed by atoms with Crippen molar-refractivity contribution in [2.24, 2.45) is 0 Å². The van der Waals surface area contributed by atoms with Crippen molar-refractivity contribution in [2.75, 3.05) is 6.54 Å². The van der Waals surface area contributed by atoms with E-state index in [2.05, 4.69) is 45.6 Å². The Morgan fingerprint density at radius 2 is 2.35 bits per heavy atom. The average molecular weight is 249 g/mol. The molecule has 0 aliphatic carbocycles. The monoisotopic (exact) mass is 249 g/mol. The lowest BCUT2D eigenvalue weighted by molar-refractivity contribution is 0.558. The Morgan fingerprint density at radius 1 is 1.41 bits per heavy atom. The molecule has 0 fully saturated rings. The molecule has 92 valence electrons. The number of hydrogen-bond acceptors (Lipinski definition) is 3. The molecular weight excluding hydrogens is 230 g/mol. The second-order valence-electron chi connectivity index (χ2n) is 4.05. The van der Waals surface area contributed by atoms with E-state index in [1.165, 1.54) is 17.0 Å². The van der Waals surface area contributed by atoms with Crippen molar-refractivity contribution in [1.82, 2.24) is 15.1 Å². The van der Waals surface area contributed by atoms with Gasteiger partial charge in [0, 0.05) is 30.6 Å². The van der Waals surface area contributed by atoms with E-state index in [9.17, 15) is 0 Å². The van der Waals surface area contributed by atoms with Gasteiger partial charge >= 0.3 is 0 Å². The van der Waals surface area contributed by atoms with Crippen LogP contribution in [0.1, 0.15) is 23.9 Å². The second kappa shape index (κ2) is 6.57. The largest absolute Gasteiger partial charge is 0.311 e. The van der Waals surface area contributed by atoms with E-state index < -0.39 is 0 Å². The molecule has 0 unspecified atom stereocenters. The molecule has 0 amide bonds. The highest BCUT2D eigenvalue weighted by Gasteiger charge is 2.02. The standard InChI is InChI=1S/C13H19N3S/c1-2-7-14-11-12-5-8-15-16(12)9-6-13-4-3-10-17-13/h3-5,8,10,14H,2,6-7,9,11H2,1H3. The van der Waals surface area contributed by atoms with Crippen LogP contribution in [0.5, 0.6) is 0 Å². The van der Waals surface area contributed by atoms with Gasteiger partial charge in [0.1, 0.15) is 0 Å². The fraction of sp³-hybridized carbons (Fsp3) is 0.462. The first-order valence-electron chi connectivity index (χ1n) is 6.14. The zero-order valence-corrected chi connectivity index (χ0v) is 11.0. The van der Waals surface area contributed by atoms with Crippen LogP contribution in [0.4, 0.5) is 0 Å². The van der Waals surface area contributed by atoms with Crippen LogP contribution in [0.3, 0.4) is 0 Å². The molecule has 0 saturated carbocycles. The maximum Gasteiger partial charge on any atom is 0.0522 e. The zero-order chi connectivity index (χ0) is 11.9. The van der Waals surface area contributed by atoms with Gasteiger partial charge < -0.3 is 5.32 Å². The van der Waals surface area contributed by atoms with E-state index in [-0.39, 0.29) is 0 Å². The number of nitrogens with zero attached hydrogens (tertiary/aromatic N) is 2. The van der Waals surface area contributed by atoms with Crippen molar-refractivity contribution in [2.45, 2.75) is 32.9 Å². The van der Waals surface area contributed by atoms with E-state index in [4.69, 9.17) is 0 Å². The number of rotatable bonds is 7. The summed E-state index contributed by atoms with van der Waals surface area (Å²) in [5, 5.41) is 9.92. The van der Waals surface area contributed by atoms with Crippen LogP contribution in [0, 0.1) is 0 Å². The average Bonchev–Trinajstić information content (AvgIpc) is 2.97. The predicted molar refractivity (Wildman–Crippen MR) is 72.2 cm³/mol. The lowest BCUT2D eigenvalue weighted by Crippen LogP contribution is -2.17. The molecule has 0 aliphatic heterocycles. The predicted octanol–water partition coefficient (Wildman–Crippen LogP) is 2.69. The molecule has 0 spiro atoms. The summed E-state index contributed by atoms with van der Waals surface area (Å²) in [6, 6.07) is 6.38. The molecule has 3 nitrogen and oxygen atoms in total. The molecule has 17 heavy (non-hydrogen) atoms. The number of aromatic nitrogens is 2. The van der Waals surface area contributed by atoms with E-state index in [1.54, 1.807) is 0 Å². The van der Waals surface area contributed by atoms with Gasteiger partial charge in [0.15, 0.2) is 0 Å². The zero-order valence-electron chi connectivity index (χ0n) is 10.2. The van der Waals surface area contributed by atoms with Crippen LogP contribution in [0.2, 0.25) is 0 Å². The third-order valence-corrected chi connectivity index (χ3v) is 3.62. The van der Waals surface area contributed by atoms with E-state index >= 15 is 0 Å². The molecule has 2 aromatic rings. The van der Waals surface area contributed by atoms with Gasteiger partial charge in [0.05, 0.1) is 5.69 Å². The first kappa shape index (κ1) is 12.3. The summed E-state index contributed by atoms with van der Waals surface area (Å²) < 4.78 is 2.10. The number of aryl methyl sites for hydroxylation is 2. The van der Waals surface area contributed by atoms with Gasteiger partial charge in [-0.15, -0.1) is 11.3 Å². The fourth-order valence-corrected chi connectivity index (χ4v) is 2.47. The third-order valence-electron chi connectivity index (χ3n) is 2.69. The Morgan fingerprint density at radius 3 is 3.12 bits per heavy atom. The molecule has 2 aromatic heterocycles. The topological polar surface area (TPSA) is 29.9 Å². The van der Waals surface area contributed by atoms with Gasteiger partial charge in [-0.25, -0.2) is 0 Å². The lowest BCUT2D eigenvalue weighted by Gasteiger charge is -2.07. The van der Waals surface area contributed by atoms with Crippen molar-refractivity contribution in [3.63, 3.8) is 0 Å². The van der Waals surface area contributed by atoms with E-state index in [0.29, 0.717) is 0 Å². The Labute approximate surface area is 106 Å². The maximum atomic E-state index is 4.38. The molecular formula is C13H19N3S. The Balaban J connectivity index is 1.85. The summed E-state index contributed by atoms with van der Waals surface area (Å²) in [5.74, 6) is 0. The summed E-state index contributed by atoms with van der Waals surface area (Å²) >= 11 is 1.82. The van der Waals surface area contributed by atoms with E-state index in [0.717, 1.165) is 26.1 Å². The quantitative estimate of drug-likeness (QED) is 0.765. The Kier molecular flexibility index (Phi) is 4.76. The first-order valence-corrected chi connectivity index (χ1v) is 7.02. The molecule has 0 bridgehead atoms. The maximum absolute atomic E-state index is 4.38. The van der Waals surface area contributed by atoms with Gasteiger partial charge in [-0.05, 0) is 30.5 Å². The van der Waals surface area contributed by atoms with Crippen LogP contribution in [-0.2, 0) is 19.5 Å². The highest BCUT2D eigenvalue weighted by molar-refractivity contribution is 7.09. The molecule has 0 aliphatic rings. The van der Waals surface area contributed by atoms with Crippen LogP contribution in [0.15, 0.2) is 29.8 Å². The third kappa shape index (κ3) is 3.68. The van der Waals surface area contributed by atoms with Crippen LogP contribution in [0.25, 0.3) is 0 Å². The normalized spacial score (nSPS) is 10.9. The Hall–Kier alpha value is -1.13. The molecule has 2 rings (SSSR count). The summed E-state index contributed by atoms with van der Waals surface area (Å²) in [6.45, 7) is 5.13. The smallest absolute Gasteiger partial charge is 0.0522 e. The lowest BCUT2D eigenvalue weighted by atomic mass is 10.3. The van der Waals surface area contributed by atoms with Gasteiger partial charge in [-0.3, -0.25) is 4.68 Å². The number of thiophene rings is 1. The molecule has 0 atom stereocenters. The molecule has 0 saturated heterocycles. The minimum absolute atomic E-state index is 0.915. The SMILES string of the molecule is CCCNCc1ccnn1CCc1cccs1. The molecule has 4 heteroatoms. The van der Waals surface area contributed by atoms with Gasteiger partial charge in [-0.1, -0.05) is 13.0 Å². The van der Waals surface area contributed by atoms with Gasteiger partial charge in [0.25, 0.3) is 0 Å². The van der Waals surface area contributed by atoms with Crippen molar-refractivity contribution in [1.29, 1.82) is 0 Å². The van der Waals surface area contributed by atoms with Crippen molar-refractivity contribution < 1.29 is 0 Å². The molecule has 2 heterocycles. The van der Waals surface area contributed by atoms with Crippen molar-refractivity contribution in [3.05, 3.63) is 40.3 Å².